The summed E-state index contributed by atoms with van der Waals surface area (Å²) in [5.74, 6) is 3.44. The first kappa shape index (κ1) is 17.8. The Morgan fingerprint density at radius 2 is 2.00 bits per heavy atom. The van der Waals surface area contributed by atoms with Gasteiger partial charge < -0.3 is 4.74 Å². The molecule has 1 saturated heterocycles. The van der Waals surface area contributed by atoms with Gasteiger partial charge in [0.25, 0.3) is 0 Å². The Kier molecular flexibility index (Phi) is 3.41. The molecular weight excluding hydrogens is 368 g/mol. The molecule has 0 N–H and O–H groups in total. The SMILES string of the molecule is CSC1CC2=CC(=O)C=C[C@]2(C)C2CC[C@@]3(C)C(C4CC4[C@@]34CCC(=O)O4)C12. The first-order chi connectivity index (χ1) is 13.3. The molecule has 5 fully saturated rings. The third-order valence-corrected chi connectivity index (χ3v) is 11.1. The lowest BCUT2D eigenvalue weighted by Gasteiger charge is -2.61. The minimum Gasteiger partial charge on any atom is -0.458 e. The molecule has 0 amide bonds. The van der Waals surface area contributed by atoms with E-state index in [2.05, 4.69) is 26.2 Å². The number of thioether (sulfide) groups is 1. The van der Waals surface area contributed by atoms with Gasteiger partial charge in [0.2, 0.25) is 0 Å². The van der Waals surface area contributed by atoms with E-state index in [4.69, 9.17) is 4.74 Å². The van der Waals surface area contributed by atoms with E-state index in [0.29, 0.717) is 35.3 Å². The summed E-state index contributed by atoms with van der Waals surface area (Å²) in [5, 5.41) is 0.571. The molecule has 0 aromatic rings. The lowest BCUT2D eigenvalue weighted by Crippen LogP contribution is -2.59. The van der Waals surface area contributed by atoms with Crippen molar-refractivity contribution in [2.24, 2.45) is 40.4 Å². The molecule has 0 aromatic heterocycles. The smallest absolute Gasteiger partial charge is 0.306 e. The number of fused-ring (bicyclic) bond motifs is 9. The molecule has 5 aliphatic carbocycles. The molecule has 1 aliphatic heterocycles. The Balaban J connectivity index is 1.45. The van der Waals surface area contributed by atoms with Crippen LogP contribution in [0.25, 0.3) is 0 Å². The number of esters is 1. The predicted molar refractivity (Wildman–Crippen MR) is 110 cm³/mol. The largest absolute Gasteiger partial charge is 0.458 e. The van der Waals surface area contributed by atoms with Gasteiger partial charge in [0.05, 0.1) is 0 Å². The summed E-state index contributed by atoms with van der Waals surface area (Å²) in [6.07, 6.45) is 14.4. The zero-order valence-corrected chi connectivity index (χ0v) is 17.9. The highest BCUT2D eigenvalue weighted by atomic mass is 32.2. The second kappa shape index (κ2) is 5.36. The number of hydrogen-bond donors (Lipinski definition) is 0. The Bertz CT molecular complexity index is 845. The summed E-state index contributed by atoms with van der Waals surface area (Å²) in [4.78, 5) is 24.3. The minimum atomic E-state index is -0.178. The molecular formula is C24H30O3S. The van der Waals surface area contributed by atoms with Crippen LogP contribution in [0.2, 0.25) is 0 Å². The Hall–Kier alpha value is -1.03. The van der Waals surface area contributed by atoms with Gasteiger partial charge in [-0.25, -0.2) is 0 Å². The Morgan fingerprint density at radius 1 is 1.18 bits per heavy atom. The van der Waals surface area contributed by atoms with Crippen molar-refractivity contribution in [3.8, 4) is 0 Å². The van der Waals surface area contributed by atoms with E-state index in [1.54, 1.807) is 0 Å². The van der Waals surface area contributed by atoms with Crippen LogP contribution in [0.15, 0.2) is 23.8 Å². The number of rotatable bonds is 1. The van der Waals surface area contributed by atoms with Crippen molar-refractivity contribution in [2.45, 2.75) is 63.2 Å². The van der Waals surface area contributed by atoms with Gasteiger partial charge in [-0.3, -0.25) is 9.59 Å². The minimum absolute atomic E-state index is 0.0264. The van der Waals surface area contributed by atoms with Crippen molar-refractivity contribution in [3.05, 3.63) is 23.8 Å². The fraction of sp³-hybridized carbons (Fsp3) is 0.750. The zero-order chi connectivity index (χ0) is 19.5. The van der Waals surface area contributed by atoms with Crippen LogP contribution in [0.4, 0.5) is 0 Å². The van der Waals surface area contributed by atoms with Crippen LogP contribution in [0.3, 0.4) is 0 Å². The maximum atomic E-state index is 12.2. The summed E-state index contributed by atoms with van der Waals surface area (Å²) in [6.45, 7) is 4.84. The number of carbonyl (C=O) groups is 2. The number of ketones is 1. The Morgan fingerprint density at radius 3 is 2.71 bits per heavy atom. The van der Waals surface area contributed by atoms with E-state index in [0.717, 1.165) is 25.2 Å². The molecule has 0 bridgehead atoms. The van der Waals surface area contributed by atoms with Crippen LogP contribution in [0.1, 0.15) is 52.4 Å². The topological polar surface area (TPSA) is 43.4 Å². The zero-order valence-electron chi connectivity index (χ0n) is 17.1. The van der Waals surface area contributed by atoms with Gasteiger partial charge in [0.15, 0.2) is 5.78 Å². The fourth-order valence-corrected chi connectivity index (χ4v) is 9.75. The second-order valence-electron chi connectivity index (χ2n) is 10.7. The van der Waals surface area contributed by atoms with Gasteiger partial charge in [0, 0.05) is 28.4 Å². The van der Waals surface area contributed by atoms with Gasteiger partial charge in [0.1, 0.15) is 5.60 Å². The van der Waals surface area contributed by atoms with Crippen molar-refractivity contribution in [1.82, 2.24) is 0 Å². The monoisotopic (exact) mass is 398 g/mol. The first-order valence-corrected chi connectivity index (χ1v) is 12.3. The molecule has 1 spiro atoms. The average Bonchev–Trinajstić information content (AvgIpc) is 3.30. The van der Waals surface area contributed by atoms with Crippen molar-refractivity contribution < 1.29 is 14.3 Å². The van der Waals surface area contributed by atoms with E-state index in [-0.39, 0.29) is 28.2 Å². The average molecular weight is 399 g/mol. The Labute approximate surface area is 171 Å². The first-order valence-electron chi connectivity index (χ1n) is 11.0. The lowest BCUT2D eigenvalue weighted by molar-refractivity contribution is -0.174. The standard InChI is InChI=1S/C24H30O3S/c1-22-7-4-14(25)10-13(22)11-18(28-3)20-16(22)5-8-23(2)21(20)15-12-17(15)24(23)9-6-19(26)27-24/h4,7,10,15-18,20-21H,5-6,8-9,11-12H2,1-3H3/t15?,16?,17?,18?,20?,21?,22-,23-,24-/m0/s1. The number of allylic oxidation sites excluding steroid dienone is 4. The molecule has 4 heteroatoms. The second-order valence-corrected chi connectivity index (χ2v) is 11.8. The van der Waals surface area contributed by atoms with Crippen LogP contribution in [0, 0.1) is 40.4 Å². The molecule has 28 heavy (non-hydrogen) atoms. The highest BCUT2D eigenvalue weighted by molar-refractivity contribution is 7.99. The van der Waals surface area contributed by atoms with Crippen LogP contribution < -0.4 is 0 Å². The summed E-state index contributed by atoms with van der Waals surface area (Å²) in [7, 11) is 0. The molecule has 6 rings (SSSR count). The van der Waals surface area contributed by atoms with E-state index in [1.807, 2.05) is 23.9 Å². The summed E-state index contributed by atoms with van der Waals surface area (Å²) >= 11 is 2.00. The van der Waals surface area contributed by atoms with Crippen molar-refractivity contribution >= 4 is 23.5 Å². The van der Waals surface area contributed by atoms with Gasteiger partial charge >= 0.3 is 5.97 Å². The number of ether oxygens (including phenoxy) is 1. The van der Waals surface area contributed by atoms with Crippen molar-refractivity contribution in [2.75, 3.05) is 6.26 Å². The van der Waals surface area contributed by atoms with E-state index in [1.165, 1.54) is 18.4 Å². The lowest BCUT2D eigenvalue weighted by atomic mass is 9.46. The van der Waals surface area contributed by atoms with Crippen molar-refractivity contribution in [1.29, 1.82) is 0 Å². The molecule has 6 aliphatic rings. The summed E-state index contributed by atoms with van der Waals surface area (Å²) in [6, 6.07) is 0. The molecule has 6 unspecified atom stereocenters. The molecule has 4 saturated carbocycles. The maximum absolute atomic E-state index is 12.2. The van der Waals surface area contributed by atoms with Gasteiger partial charge in [-0.05, 0) is 74.2 Å². The number of hydrogen-bond acceptors (Lipinski definition) is 4. The van der Waals surface area contributed by atoms with Crippen LogP contribution in [-0.2, 0) is 14.3 Å². The van der Waals surface area contributed by atoms with E-state index in [9.17, 15) is 9.59 Å². The van der Waals surface area contributed by atoms with Gasteiger partial charge in [-0.1, -0.05) is 25.5 Å². The molecule has 150 valence electrons. The third-order valence-electron chi connectivity index (χ3n) is 9.98. The summed E-state index contributed by atoms with van der Waals surface area (Å²) < 4.78 is 6.21. The molecule has 3 nitrogen and oxygen atoms in total. The van der Waals surface area contributed by atoms with Crippen molar-refractivity contribution in [3.63, 3.8) is 0 Å². The van der Waals surface area contributed by atoms with Crippen LogP contribution >= 0.6 is 11.8 Å². The fourth-order valence-electron chi connectivity index (χ4n) is 8.73. The van der Waals surface area contributed by atoms with E-state index >= 15 is 0 Å². The highest BCUT2D eigenvalue weighted by Crippen LogP contribution is 2.79. The van der Waals surface area contributed by atoms with Gasteiger partial charge in [-0.2, -0.15) is 11.8 Å². The quantitative estimate of drug-likeness (QED) is 0.607. The molecule has 0 aromatic carbocycles. The predicted octanol–water partition coefficient (Wildman–Crippen LogP) is 4.57. The van der Waals surface area contributed by atoms with Crippen LogP contribution in [0.5, 0.6) is 0 Å². The molecule has 9 atom stereocenters. The van der Waals surface area contributed by atoms with E-state index < -0.39 is 0 Å². The molecule has 1 heterocycles. The highest BCUT2D eigenvalue weighted by Gasteiger charge is 2.79. The number of carbonyl (C=O) groups excluding carboxylic acids is 2. The molecule has 0 radical (unpaired) electrons. The maximum Gasteiger partial charge on any atom is 0.306 e. The third kappa shape index (κ3) is 1.90. The van der Waals surface area contributed by atoms with Gasteiger partial charge in [-0.15, -0.1) is 0 Å². The normalized spacial score (nSPS) is 55.9. The van der Waals surface area contributed by atoms with Crippen LogP contribution in [-0.4, -0.2) is 28.9 Å². The summed E-state index contributed by atoms with van der Waals surface area (Å²) in [5.41, 5.74) is 1.34.